The smallest absolute Gasteiger partial charge is 0.350 e. The van der Waals surface area contributed by atoms with Gasteiger partial charge >= 0.3 is 5.69 Å². The molecule has 2 aromatic rings. The normalized spacial score (nSPS) is 10.8. The maximum Gasteiger partial charge on any atom is 0.355 e. The van der Waals surface area contributed by atoms with Gasteiger partial charge in [-0.1, -0.05) is 45.9 Å². The highest BCUT2D eigenvalue weighted by Gasteiger charge is 2.27. The van der Waals surface area contributed by atoms with E-state index in [2.05, 4.69) is 48.5 Å². The van der Waals surface area contributed by atoms with Crippen molar-refractivity contribution in [1.82, 2.24) is 9.97 Å². The molecule has 0 aliphatic rings. The van der Waals surface area contributed by atoms with Crippen molar-refractivity contribution < 1.29 is 4.92 Å². The number of hydrogen-bond acceptors (Lipinski definition) is 7. The molecule has 0 amide bonds. The van der Waals surface area contributed by atoms with Crippen LogP contribution in [0.4, 0.5) is 23.0 Å². The monoisotopic (exact) mass is 358 g/mol. The lowest BCUT2D eigenvalue weighted by Crippen LogP contribution is -2.33. The molecule has 0 radical (unpaired) electrons. The van der Waals surface area contributed by atoms with Crippen LogP contribution in [-0.2, 0) is 0 Å². The lowest BCUT2D eigenvalue weighted by Gasteiger charge is -2.27. The van der Waals surface area contributed by atoms with Crippen molar-refractivity contribution in [3.05, 3.63) is 46.8 Å². The van der Waals surface area contributed by atoms with E-state index in [0.29, 0.717) is 30.7 Å². The average molecular weight is 358 g/mol. The summed E-state index contributed by atoms with van der Waals surface area (Å²) in [5.41, 5.74) is 6.44. The van der Waals surface area contributed by atoms with E-state index in [9.17, 15) is 10.1 Å². The first-order valence-electron chi connectivity index (χ1n) is 8.70. The van der Waals surface area contributed by atoms with Gasteiger partial charge in [0.25, 0.3) is 0 Å². The van der Waals surface area contributed by atoms with Gasteiger partial charge in [0.15, 0.2) is 0 Å². The van der Waals surface area contributed by atoms with E-state index in [1.165, 1.54) is 6.33 Å². The quantitative estimate of drug-likeness (QED) is 0.517. The van der Waals surface area contributed by atoms with Gasteiger partial charge in [-0.25, -0.2) is 9.97 Å². The fourth-order valence-corrected chi connectivity index (χ4v) is 2.64. The summed E-state index contributed by atoms with van der Waals surface area (Å²) in [6.07, 6.45) is 1.35. The third kappa shape index (κ3) is 5.30. The third-order valence-corrected chi connectivity index (χ3v) is 3.56. The predicted octanol–water partition coefficient (Wildman–Crippen LogP) is 3.94. The Morgan fingerprint density at radius 1 is 1.04 bits per heavy atom. The minimum absolute atomic E-state index is 0.128. The van der Waals surface area contributed by atoms with Crippen molar-refractivity contribution in [2.75, 3.05) is 28.8 Å². The molecule has 1 aromatic heterocycles. The molecule has 0 saturated carbocycles. The van der Waals surface area contributed by atoms with Gasteiger partial charge in [-0.05, 0) is 24.0 Å². The molecule has 0 fully saturated rings. The summed E-state index contributed by atoms with van der Waals surface area (Å²) in [7, 11) is 0. The van der Waals surface area contributed by atoms with Crippen LogP contribution in [0.5, 0.6) is 0 Å². The molecule has 0 spiro atoms. The molecule has 2 rings (SSSR count). The van der Waals surface area contributed by atoms with Gasteiger partial charge in [0.1, 0.15) is 6.33 Å². The van der Waals surface area contributed by atoms with Crippen LogP contribution in [0, 0.1) is 22.0 Å². The topological polar surface area (TPSA) is 96.2 Å². The van der Waals surface area contributed by atoms with Crippen LogP contribution in [-0.4, -0.2) is 28.0 Å². The van der Waals surface area contributed by atoms with E-state index >= 15 is 0 Å². The number of nitrogens with one attached hydrogen (secondary N) is 2. The van der Waals surface area contributed by atoms with E-state index in [-0.39, 0.29) is 11.5 Å². The lowest BCUT2D eigenvalue weighted by atomic mass is 10.1. The highest BCUT2D eigenvalue weighted by molar-refractivity contribution is 5.71. The number of para-hydroxylation sites is 1. The molecule has 2 N–H and O–H groups in total. The second-order valence-electron chi connectivity index (χ2n) is 6.96. The van der Waals surface area contributed by atoms with E-state index < -0.39 is 4.92 Å². The van der Waals surface area contributed by atoms with Crippen molar-refractivity contribution in [3.8, 4) is 0 Å². The number of anilines is 3. The molecule has 1 aromatic carbocycles. The lowest BCUT2D eigenvalue weighted by molar-refractivity contribution is -0.383. The Bertz CT molecular complexity index is 711. The summed E-state index contributed by atoms with van der Waals surface area (Å²) in [4.78, 5) is 21.6. The van der Waals surface area contributed by atoms with Crippen LogP contribution in [0.2, 0.25) is 0 Å². The van der Waals surface area contributed by atoms with Crippen molar-refractivity contribution in [1.29, 1.82) is 0 Å². The molecule has 140 valence electrons. The van der Waals surface area contributed by atoms with E-state index in [4.69, 9.17) is 0 Å². The maximum absolute atomic E-state index is 11.8. The Hall–Kier alpha value is -2.90. The maximum atomic E-state index is 11.8. The zero-order valence-corrected chi connectivity index (χ0v) is 15.6. The number of benzene rings is 1. The van der Waals surface area contributed by atoms with Gasteiger partial charge < -0.3 is 4.90 Å². The molecule has 0 saturated heterocycles. The first-order valence-corrected chi connectivity index (χ1v) is 8.70. The fraction of sp³-hybridized carbons (Fsp3) is 0.444. The number of nitro groups is 1. The summed E-state index contributed by atoms with van der Waals surface area (Å²) >= 11 is 0. The molecule has 0 aliphatic carbocycles. The molecule has 1 heterocycles. The molecule has 0 unspecified atom stereocenters. The van der Waals surface area contributed by atoms with E-state index in [1.54, 1.807) is 0 Å². The SMILES string of the molecule is CC(C)CN(CC(C)C)c1ncnc(NNc2ccccc2)c1[N+](=O)[O-]. The minimum Gasteiger partial charge on any atom is -0.350 e. The second kappa shape index (κ2) is 8.98. The van der Waals surface area contributed by atoms with Gasteiger partial charge in [-0.15, -0.1) is 0 Å². The third-order valence-electron chi connectivity index (χ3n) is 3.56. The van der Waals surface area contributed by atoms with Crippen molar-refractivity contribution in [3.63, 3.8) is 0 Å². The van der Waals surface area contributed by atoms with Crippen LogP contribution >= 0.6 is 0 Å². The Balaban J connectivity index is 2.34. The number of hydrogen-bond donors (Lipinski definition) is 2. The summed E-state index contributed by atoms with van der Waals surface area (Å²) in [6, 6.07) is 9.34. The van der Waals surface area contributed by atoms with E-state index in [1.807, 2.05) is 35.2 Å². The number of rotatable bonds is 9. The summed E-state index contributed by atoms with van der Waals surface area (Å²) in [5, 5.41) is 11.8. The highest BCUT2D eigenvalue weighted by atomic mass is 16.6. The average Bonchev–Trinajstić information content (AvgIpc) is 2.59. The van der Waals surface area contributed by atoms with Crippen molar-refractivity contribution in [2.45, 2.75) is 27.7 Å². The molecule has 0 bridgehead atoms. The number of hydrazine groups is 1. The molecule has 0 atom stereocenters. The largest absolute Gasteiger partial charge is 0.355 e. The van der Waals surface area contributed by atoms with Crippen LogP contribution < -0.4 is 15.8 Å². The highest BCUT2D eigenvalue weighted by Crippen LogP contribution is 2.32. The number of nitrogens with zero attached hydrogens (tertiary/aromatic N) is 4. The first-order chi connectivity index (χ1) is 12.4. The van der Waals surface area contributed by atoms with Crippen LogP contribution in [0.25, 0.3) is 0 Å². The molecular weight excluding hydrogens is 332 g/mol. The molecule has 26 heavy (non-hydrogen) atoms. The van der Waals surface area contributed by atoms with Crippen molar-refractivity contribution in [2.24, 2.45) is 11.8 Å². The Kier molecular flexibility index (Phi) is 6.71. The molecular formula is C18H26N6O2. The summed E-state index contributed by atoms with van der Waals surface area (Å²) < 4.78 is 0. The van der Waals surface area contributed by atoms with Gasteiger partial charge in [0.05, 0.1) is 10.6 Å². The van der Waals surface area contributed by atoms with Crippen LogP contribution in [0.15, 0.2) is 36.7 Å². The standard InChI is InChI=1S/C18H26N6O2/c1-13(2)10-23(11-14(3)4)18-16(24(25)26)17(19-12-20-18)22-21-15-8-6-5-7-9-15/h5-9,12-14,21H,10-11H2,1-4H3,(H,19,20,22). The van der Waals surface area contributed by atoms with Crippen molar-refractivity contribution >= 4 is 23.0 Å². The van der Waals surface area contributed by atoms with Gasteiger partial charge in [0, 0.05) is 13.1 Å². The summed E-state index contributed by atoms with van der Waals surface area (Å²) in [5.74, 6) is 1.18. The van der Waals surface area contributed by atoms with Gasteiger partial charge in [-0.2, -0.15) is 0 Å². The minimum atomic E-state index is -0.433. The molecule has 0 aliphatic heterocycles. The van der Waals surface area contributed by atoms with Crippen LogP contribution in [0.3, 0.4) is 0 Å². The fourth-order valence-electron chi connectivity index (χ4n) is 2.64. The molecule has 8 heteroatoms. The summed E-state index contributed by atoms with van der Waals surface area (Å²) in [6.45, 7) is 9.68. The number of aromatic nitrogens is 2. The Morgan fingerprint density at radius 2 is 1.65 bits per heavy atom. The molecule has 8 nitrogen and oxygen atoms in total. The van der Waals surface area contributed by atoms with Gasteiger partial charge in [0.2, 0.25) is 11.6 Å². The van der Waals surface area contributed by atoms with Crippen LogP contribution in [0.1, 0.15) is 27.7 Å². The second-order valence-corrected chi connectivity index (χ2v) is 6.96. The van der Waals surface area contributed by atoms with Gasteiger partial charge in [-0.3, -0.25) is 21.0 Å². The zero-order chi connectivity index (χ0) is 19.1. The predicted molar refractivity (Wildman–Crippen MR) is 104 cm³/mol. The first kappa shape index (κ1) is 19.4. The zero-order valence-electron chi connectivity index (χ0n) is 15.6. The Labute approximate surface area is 153 Å². The Morgan fingerprint density at radius 3 is 2.19 bits per heavy atom. The van der Waals surface area contributed by atoms with E-state index in [0.717, 1.165) is 5.69 Å².